The number of nitrogens with one attached hydrogen (secondary N) is 3. The summed E-state index contributed by atoms with van der Waals surface area (Å²) < 4.78 is 0. The smallest absolute Gasteiger partial charge is 0.258 e. The van der Waals surface area contributed by atoms with Crippen molar-refractivity contribution in [2.75, 3.05) is 17.2 Å². The zero-order chi connectivity index (χ0) is 21.8. The van der Waals surface area contributed by atoms with Gasteiger partial charge in [0, 0.05) is 35.6 Å². The summed E-state index contributed by atoms with van der Waals surface area (Å²) >= 11 is 0. The number of nitrogens with two attached hydrogens (primary N) is 2. The molecule has 2 amide bonds. The molecule has 31 heavy (non-hydrogen) atoms. The first-order chi connectivity index (χ1) is 15.0. The molecule has 0 fully saturated rings. The highest BCUT2D eigenvalue weighted by Gasteiger charge is 2.44. The summed E-state index contributed by atoms with van der Waals surface area (Å²) in [6.45, 7) is 0.341. The van der Waals surface area contributed by atoms with Gasteiger partial charge in [-0.2, -0.15) is 0 Å². The molecule has 4 rings (SSSR count). The third kappa shape index (κ3) is 4.28. The van der Waals surface area contributed by atoms with E-state index in [0.717, 1.165) is 17.1 Å². The molecule has 0 aromatic heterocycles. The molecular formula is C23H24N6O2. The van der Waals surface area contributed by atoms with Crippen LogP contribution in [0, 0.1) is 0 Å². The first kappa shape index (κ1) is 20.2. The van der Waals surface area contributed by atoms with Crippen molar-refractivity contribution in [3.63, 3.8) is 0 Å². The predicted molar refractivity (Wildman–Crippen MR) is 121 cm³/mol. The predicted octanol–water partition coefficient (Wildman–Crippen LogP) is 1.85. The number of hydrogen-bond donors (Lipinski definition) is 5. The highest BCUT2D eigenvalue weighted by Crippen LogP contribution is 2.40. The lowest BCUT2D eigenvalue weighted by Gasteiger charge is -2.40. The van der Waals surface area contributed by atoms with E-state index in [1.165, 1.54) is 0 Å². The third-order valence-corrected chi connectivity index (χ3v) is 5.40. The summed E-state index contributed by atoms with van der Waals surface area (Å²) in [5.41, 5.74) is 13.7. The van der Waals surface area contributed by atoms with Crippen LogP contribution in [0.5, 0.6) is 0 Å². The van der Waals surface area contributed by atoms with Gasteiger partial charge in [0.05, 0.1) is 11.1 Å². The number of hydrogen-bond acceptors (Lipinski definition) is 5. The largest absolute Gasteiger partial charge is 0.374 e. The number of benzene rings is 2. The van der Waals surface area contributed by atoms with Crippen molar-refractivity contribution in [2.45, 2.75) is 18.4 Å². The van der Waals surface area contributed by atoms with E-state index in [1.807, 2.05) is 60.7 Å². The Hall–Kier alpha value is -4.07. The molecule has 0 radical (unpaired) electrons. The standard InChI is InChI=1S/C23H24N6O2/c24-22(25)26-12-11-23(29-16-9-5-2-6-10-16)14-18-17(20(30)28-21(18)31)13-19(23)27-15-7-3-1-4-8-15/h1-10,13,27,29H,11-12,14H2,(H4,24,25,26)(H,28,30,31). The quantitative estimate of drug-likeness (QED) is 0.266. The molecule has 1 atom stereocenters. The Morgan fingerprint density at radius 3 is 2.26 bits per heavy atom. The van der Waals surface area contributed by atoms with Crippen LogP contribution in [-0.2, 0) is 9.59 Å². The van der Waals surface area contributed by atoms with Crippen LogP contribution in [0.1, 0.15) is 12.8 Å². The fourth-order valence-corrected chi connectivity index (χ4v) is 3.92. The van der Waals surface area contributed by atoms with Gasteiger partial charge in [-0.3, -0.25) is 19.9 Å². The van der Waals surface area contributed by atoms with Crippen LogP contribution in [0.25, 0.3) is 0 Å². The lowest BCUT2D eigenvalue weighted by molar-refractivity contribution is -0.124. The van der Waals surface area contributed by atoms with Crippen molar-refractivity contribution in [3.05, 3.63) is 83.6 Å². The van der Waals surface area contributed by atoms with Crippen molar-refractivity contribution >= 4 is 29.1 Å². The molecule has 2 aliphatic rings. The molecule has 8 nitrogen and oxygen atoms in total. The number of carbonyl (C=O) groups is 2. The molecular weight excluding hydrogens is 392 g/mol. The van der Waals surface area contributed by atoms with E-state index in [-0.39, 0.29) is 17.8 Å². The Kier molecular flexibility index (Phi) is 5.44. The SMILES string of the molecule is NC(N)=NCCC1(Nc2ccccc2)CC2=C(C=C1Nc1ccccc1)C(=O)NC2=O. The Bertz CT molecular complexity index is 1090. The van der Waals surface area contributed by atoms with E-state index in [2.05, 4.69) is 20.9 Å². The van der Waals surface area contributed by atoms with E-state index < -0.39 is 5.54 Å². The van der Waals surface area contributed by atoms with Crippen LogP contribution in [-0.4, -0.2) is 29.9 Å². The van der Waals surface area contributed by atoms with Crippen LogP contribution in [0.3, 0.4) is 0 Å². The van der Waals surface area contributed by atoms with Crippen LogP contribution < -0.4 is 27.4 Å². The second-order valence-corrected chi connectivity index (χ2v) is 7.53. The lowest BCUT2D eigenvalue weighted by Crippen LogP contribution is -2.46. The third-order valence-electron chi connectivity index (χ3n) is 5.40. The van der Waals surface area contributed by atoms with Gasteiger partial charge in [0.1, 0.15) is 0 Å². The number of rotatable bonds is 7. The molecule has 0 spiro atoms. The van der Waals surface area contributed by atoms with Gasteiger partial charge >= 0.3 is 0 Å². The van der Waals surface area contributed by atoms with Crippen LogP contribution in [0.2, 0.25) is 0 Å². The highest BCUT2D eigenvalue weighted by molar-refractivity contribution is 6.21. The molecule has 2 aromatic rings. The van der Waals surface area contributed by atoms with Crippen molar-refractivity contribution in [1.82, 2.24) is 5.32 Å². The van der Waals surface area contributed by atoms with Gasteiger partial charge in [-0.25, -0.2) is 0 Å². The molecule has 7 N–H and O–H groups in total. The number of guanidine groups is 1. The van der Waals surface area contributed by atoms with Crippen molar-refractivity contribution in [3.8, 4) is 0 Å². The van der Waals surface area contributed by atoms with Crippen molar-refractivity contribution in [1.29, 1.82) is 0 Å². The van der Waals surface area contributed by atoms with Gasteiger partial charge in [0.2, 0.25) is 0 Å². The van der Waals surface area contributed by atoms with Crippen LogP contribution in [0.15, 0.2) is 88.6 Å². The zero-order valence-corrected chi connectivity index (χ0v) is 16.9. The number of para-hydroxylation sites is 2. The Balaban J connectivity index is 1.79. The van der Waals surface area contributed by atoms with Gasteiger partial charge in [-0.05, 0) is 36.8 Å². The molecule has 2 aromatic carbocycles. The van der Waals surface area contributed by atoms with Gasteiger partial charge in [0.15, 0.2) is 5.96 Å². The van der Waals surface area contributed by atoms with Crippen LogP contribution in [0.4, 0.5) is 11.4 Å². The second-order valence-electron chi connectivity index (χ2n) is 7.53. The van der Waals surface area contributed by atoms with Crippen molar-refractivity contribution < 1.29 is 9.59 Å². The first-order valence-electron chi connectivity index (χ1n) is 9.98. The first-order valence-corrected chi connectivity index (χ1v) is 9.98. The number of anilines is 2. The summed E-state index contributed by atoms with van der Waals surface area (Å²) in [7, 11) is 0. The molecule has 1 heterocycles. The van der Waals surface area contributed by atoms with E-state index in [1.54, 1.807) is 6.08 Å². The number of imide groups is 1. The number of amides is 2. The zero-order valence-electron chi connectivity index (χ0n) is 16.9. The minimum atomic E-state index is -0.739. The highest BCUT2D eigenvalue weighted by atomic mass is 16.2. The molecule has 1 aliphatic heterocycles. The molecule has 0 saturated heterocycles. The number of aliphatic imine (C=N–C) groups is 1. The lowest BCUT2D eigenvalue weighted by atomic mass is 9.78. The number of nitrogens with zero attached hydrogens (tertiary/aromatic N) is 1. The Labute approximate surface area is 180 Å². The molecule has 1 unspecified atom stereocenters. The topological polar surface area (TPSA) is 135 Å². The molecule has 0 bridgehead atoms. The minimum Gasteiger partial charge on any atom is -0.374 e. The van der Waals surface area contributed by atoms with E-state index in [0.29, 0.717) is 30.5 Å². The Morgan fingerprint density at radius 2 is 1.61 bits per heavy atom. The maximum absolute atomic E-state index is 12.5. The summed E-state index contributed by atoms with van der Waals surface area (Å²) in [6, 6.07) is 19.3. The maximum Gasteiger partial charge on any atom is 0.258 e. The Morgan fingerprint density at radius 1 is 0.968 bits per heavy atom. The second kappa shape index (κ2) is 8.35. The molecule has 158 valence electrons. The summed E-state index contributed by atoms with van der Waals surface area (Å²) in [4.78, 5) is 29.0. The molecule has 0 saturated carbocycles. The minimum absolute atomic E-state index is 0.000843. The normalized spacial score (nSPS) is 19.9. The van der Waals surface area contributed by atoms with Gasteiger partial charge in [-0.15, -0.1) is 0 Å². The van der Waals surface area contributed by atoms with Gasteiger partial charge < -0.3 is 22.1 Å². The van der Waals surface area contributed by atoms with E-state index in [9.17, 15) is 9.59 Å². The fraction of sp³-hybridized carbons (Fsp3) is 0.174. The number of carbonyl (C=O) groups excluding carboxylic acids is 2. The molecule has 1 aliphatic carbocycles. The van der Waals surface area contributed by atoms with E-state index >= 15 is 0 Å². The van der Waals surface area contributed by atoms with Crippen LogP contribution >= 0.6 is 0 Å². The average Bonchev–Trinajstić information content (AvgIpc) is 3.02. The average molecular weight is 416 g/mol. The fourth-order valence-electron chi connectivity index (χ4n) is 3.92. The monoisotopic (exact) mass is 416 g/mol. The van der Waals surface area contributed by atoms with Gasteiger partial charge in [-0.1, -0.05) is 36.4 Å². The summed E-state index contributed by atoms with van der Waals surface area (Å²) in [6.07, 6.45) is 2.54. The van der Waals surface area contributed by atoms with E-state index in [4.69, 9.17) is 11.5 Å². The van der Waals surface area contributed by atoms with Crippen molar-refractivity contribution in [2.24, 2.45) is 16.5 Å². The molecule has 8 heteroatoms. The summed E-state index contributed by atoms with van der Waals surface area (Å²) in [5.74, 6) is -0.748. The summed E-state index contributed by atoms with van der Waals surface area (Å²) in [5, 5.41) is 9.42. The maximum atomic E-state index is 12.5. The van der Waals surface area contributed by atoms with Gasteiger partial charge in [0.25, 0.3) is 11.8 Å².